The average Bonchev–Trinajstić information content (AvgIpc) is 2.63. The monoisotopic (exact) mass is 273 g/mol. The second-order valence-corrected chi connectivity index (χ2v) is 4.61. The predicted molar refractivity (Wildman–Crippen MR) is 66.9 cm³/mol. The highest BCUT2D eigenvalue weighted by Crippen LogP contribution is 2.07. The topological polar surface area (TPSA) is 29.9 Å². The van der Waals surface area contributed by atoms with E-state index in [0.717, 1.165) is 24.1 Å². The van der Waals surface area contributed by atoms with Crippen LogP contribution in [-0.2, 0) is 6.54 Å². The van der Waals surface area contributed by atoms with Crippen LogP contribution in [-0.4, -0.2) is 22.9 Å². The van der Waals surface area contributed by atoms with Gasteiger partial charge in [0.1, 0.15) is 0 Å². The van der Waals surface area contributed by atoms with Crippen molar-refractivity contribution in [3.05, 3.63) is 16.9 Å². The van der Waals surface area contributed by atoms with Crippen molar-refractivity contribution in [3.63, 3.8) is 0 Å². The fourth-order valence-corrected chi connectivity index (χ4v) is 1.84. The standard InChI is InChI=1S/C11H20BrN3/c1-2-13-7-5-3-4-6-8-15-10-11(12)9-14-15/h9-10,13H,2-8H2,1H3. The molecule has 1 N–H and O–H groups in total. The van der Waals surface area contributed by atoms with Gasteiger partial charge in [-0.05, 0) is 41.9 Å². The molecule has 0 bridgehead atoms. The Balaban J connectivity index is 1.93. The summed E-state index contributed by atoms with van der Waals surface area (Å²) in [6.07, 6.45) is 8.99. The molecule has 1 aromatic heterocycles. The summed E-state index contributed by atoms with van der Waals surface area (Å²) >= 11 is 3.39. The van der Waals surface area contributed by atoms with Crippen LogP contribution in [0.4, 0.5) is 0 Å². The molecule has 1 heterocycles. The van der Waals surface area contributed by atoms with E-state index < -0.39 is 0 Å². The third-order valence-electron chi connectivity index (χ3n) is 2.34. The molecule has 0 aliphatic heterocycles. The van der Waals surface area contributed by atoms with Gasteiger partial charge in [-0.15, -0.1) is 0 Å². The second kappa shape index (κ2) is 7.88. The van der Waals surface area contributed by atoms with Crippen molar-refractivity contribution in [2.75, 3.05) is 13.1 Å². The number of rotatable bonds is 8. The lowest BCUT2D eigenvalue weighted by Gasteiger charge is -2.02. The Kier molecular flexibility index (Phi) is 6.68. The molecule has 15 heavy (non-hydrogen) atoms. The van der Waals surface area contributed by atoms with Gasteiger partial charge in [0.25, 0.3) is 0 Å². The van der Waals surface area contributed by atoms with E-state index in [4.69, 9.17) is 0 Å². The molecule has 3 nitrogen and oxygen atoms in total. The molecule has 0 unspecified atom stereocenters. The molecule has 4 heteroatoms. The molecular formula is C11H20BrN3. The summed E-state index contributed by atoms with van der Waals surface area (Å²) in [6.45, 7) is 5.42. The number of halogens is 1. The van der Waals surface area contributed by atoms with Crippen molar-refractivity contribution in [2.24, 2.45) is 0 Å². The lowest BCUT2D eigenvalue weighted by molar-refractivity contribution is 0.527. The van der Waals surface area contributed by atoms with Crippen LogP contribution in [0.3, 0.4) is 0 Å². The Morgan fingerprint density at radius 3 is 2.80 bits per heavy atom. The van der Waals surface area contributed by atoms with Crippen molar-refractivity contribution < 1.29 is 0 Å². The van der Waals surface area contributed by atoms with E-state index in [1.165, 1.54) is 25.7 Å². The molecule has 0 aliphatic rings. The summed E-state index contributed by atoms with van der Waals surface area (Å²) in [7, 11) is 0. The number of unbranched alkanes of at least 4 members (excludes halogenated alkanes) is 3. The number of hydrogen-bond donors (Lipinski definition) is 1. The largest absolute Gasteiger partial charge is 0.317 e. The van der Waals surface area contributed by atoms with E-state index in [2.05, 4.69) is 33.3 Å². The van der Waals surface area contributed by atoms with Crippen molar-refractivity contribution in [1.82, 2.24) is 15.1 Å². The minimum absolute atomic E-state index is 1.03. The molecule has 0 fully saturated rings. The van der Waals surface area contributed by atoms with Gasteiger partial charge in [0.15, 0.2) is 0 Å². The van der Waals surface area contributed by atoms with Gasteiger partial charge in [-0.3, -0.25) is 4.68 Å². The third kappa shape index (κ3) is 5.95. The van der Waals surface area contributed by atoms with Gasteiger partial charge in [-0.2, -0.15) is 5.10 Å². The highest BCUT2D eigenvalue weighted by molar-refractivity contribution is 9.10. The van der Waals surface area contributed by atoms with Gasteiger partial charge in [-0.1, -0.05) is 19.8 Å². The molecule has 86 valence electrons. The van der Waals surface area contributed by atoms with Crippen LogP contribution in [0.1, 0.15) is 32.6 Å². The molecule has 0 atom stereocenters. The first-order chi connectivity index (χ1) is 7.33. The molecule has 1 rings (SSSR count). The number of aromatic nitrogens is 2. The van der Waals surface area contributed by atoms with Crippen molar-refractivity contribution in [1.29, 1.82) is 0 Å². The minimum atomic E-state index is 1.03. The van der Waals surface area contributed by atoms with E-state index in [1.54, 1.807) is 0 Å². The van der Waals surface area contributed by atoms with Crippen LogP contribution in [0, 0.1) is 0 Å². The van der Waals surface area contributed by atoms with E-state index in [1.807, 2.05) is 17.1 Å². The molecular weight excluding hydrogens is 254 g/mol. The maximum absolute atomic E-state index is 4.22. The lowest BCUT2D eigenvalue weighted by atomic mass is 10.2. The number of hydrogen-bond acceptors (Lipinski definition) is 2. The Morgan fingerprint density at radius 1 is 1.33 bits per heavy atom. The maximum Gasteiger partial charge on any atom is 0.0632 e. The molecule has 0 radical (unpaired) electrons. The molecule has 0 saturated heterocycles. The minimum Gasteiger partial charge on any atom is -0.317 e. The SMILES string of the molecule is CCNCCCCCCn1cc(Br)cn1. The first kappa shape index (κ1) is 12.7. The Labute approximate surface area is 100 Å². The maximum atomic E-state index is 4.22. The highest BCUT2D eigenvalue weighted by atomic mass is 79.9. The molecule has 0 spiro atoms. The molecule has 0 saturated carbocycles. The highest BCUT2D eigenvalue weighted by Gasteiger charge is 1.95. The predicted octanol–water partition coefficient (Wildman–Crippen LogP) is 2.82. The first-order valence-electron chi connectivity index (χ1n) is 5.71. The molecule has 1 aromatic rings. The third-order valence-corrected chi connectivity index (χ3v) is 2.75. The summed E-state index contributed by atoms with van der Waals surface area (Å²) in [5, 5.41) is 7.56. The molecule has 0 aliphatic carbocycles. The number of nitrogens with zero attached hydrogens (tertiary/aromatic N) is 2. The summed E-state index contributed by atoms with van der Waals surface area (Å²) < 4.78 is 3.06. The summed E-state index contributed by atoms with van der Waals surface area (Å²) in [6, 6.07) is 0. The summed E-state index contributed by atoms with van der Waals surface area (Å²) in [4.78, 5) is 0. The zero-order valence-corrected chi connectivity index (χ0v) is 11.0. The quantitative estimate of drug-likeness (QED) is 0.739. The fourth-order valence-electron chi connectivity index (χ4n) is 1.51. The average molecular weight is 274 g/mol. The lowest BCUT2D eigenvalue weighted by Crippen LogP contribution is -2.13. The smallest absolute Gasteiger partial charge is 0.0632 e. The second-order valence-electron chi connectivity index (χ2n) is 3.69. The van der Waals surface area contributed by atoms with Crippen LogP contribution < -0.4 is 5.32 Å². The van der Waals surface area contributed by atoms with Gasteiger partial charge in [0.05, 0.1) is 10.7 Å². The van der Waals surface area contributed by atoms with Gasteiger partial charge >= 0.3 is 0 Å². The van der Waals surface area contributed by atoms with Crippen molar-refractivity contribution in [2.45, 2.75) is 39.2 Å². The van der Waals surface area contributed by atoms with Gasteiger partial charge in [0, 0.05) is 12.7 Å². The number of nitrogens with one attached hydrogen (secondary N) is 1. The van der Waals surface area contributed by atoms with E-state index >= 15 is 0 Å². The molecule has 0 amide bonds. The van der Waals surface area contributed by atoms with Gasteiger partial charge in [0.2, 0.25) is 0 Å². The Morgan fingerprint density at radius 2 is 2.13 bits per heavy atom. The summed E-state index contributed by atoms with van der Waals surface area (Å²) in [5.41, 5.74) is 0. The molecule has 0 aromatic carbocycles. The van der Waals surface area contributed by atoms with Crippen LogP contribution in [0.5, 0.6) is 0 Å². The Bertz CT molecular complexity index is 260. The van der Waals surface area contributed by atoms with Crippen molar-refractivity contribution in [3.8, 4) is 0 Å². The zero-order chi connectivity index (χ0) is 10.9. The van der Waals surface area contributed by atoms with Gasteiger partial charge in [-0.25, -0.2) is 0 Å². The van der Waals surface area contributed by atoms with Crippen molar-refractivity contribution >= 4 is 15.9 Å². The van der Waals surface area contributed by atoms with E-state index in [0.29, 0.717) is 0 Å². The zero-order valence-electron chi connectivity index (χ0n) is 9.38. The normalized spacial score (nSPS) is 10.8. The summed E-state index contributed by atoms with van der Waals surface area (Å²) in [5.74, 6) is 0. The van der Waals surface area contributed by atoms with Crippen LogP contribution in [0.25, 0.3) is 0 Å². The van der Waals surface area contributed by atoms with Crippen LogP contribution >= 0.6 is 15.9 Å². The van der Waals surface area contributed by atoms with E-state index in [9.17, 15) is 0 Å². The van der Waals surface area contributed by atoms with Crippen LogP contribution in [0.15, 0.2) is 16.9 Å². The van der Waals surface area contributed by atoms with E-state index in [-0.39, 0.29) is 0 Å². The first-order valence-corrected chi connectivity index (χ1v) is 6.51. The number of aryl methyl sites for hydroxylation is 1. The van der Waals surface area contributed by atoms with Gasteiger partial charge < -0.3 is 5.32 Å². The van der Waals surface area contributed by atoms with Crippen LogP contribution in [0.2, 0.25) is 0 Å². The Hall–Kier alpha value is -0.350. The fraction of sp³-hybridized carbons (Fsp3) is 0.727.